The Hall–Kier alpha value is -2.04. The van der Waals surface area contributed by atoms with Gasteiger partial charge in [-0.2, -0.15) is 0 Å². The highest BCUT2D eigenvalue weighted by Gasteiger charge is 2.54. The first-order valence-electron chi connectivity index (χ1n) is 8.51. The van der Waals surface area contributed by atoms with Crippen LogP contribution in [0.4, 0.5) is 4.79 Å². The fourth-order valence-electron chi connectivity index (χ4n) is 3.61. The molecule has 2 fully saturated rings. The van der Waals surface area contributed by atoms with E-state index in [2.05, 4.69) is 5.32 Å². The quantitative estimate of drug-likeness (QED) is 0.906. The van der Waals surface area contributed by atoms with Crippen LogP contribution in [0, 0.1) is 12.3 Å². The number of aryl methyl sites for hydroxylation is 1. The Morgan fingerprint density at radius 3 is 2.29 bits per heavy atom. The molecule has 24 heavy (non-hydrogen) atoms. The molecule has 1 N–H and O–H groups in total. The Kier molecular flexibility index (Phi) is 4.06. The van der Waals surface area contributed by atoms with E-state index in [9.17, 15) is 9.59 Å². The van der Waals surface area contributed by atoms with Gasteiger partial charge in [-0.25, -0.2) is 4.79 Å². The van der Waals surface area contributed by atoms with Crippen molar-refractivity contribution in [1.82, 2.24) is 10.2 Å². The molecule has 5 heteroatoms. The zero-order valence-electron chi connectivity index (χ0n) is 14.9. The lowest BCUT2D eigenvalue weighted by Gasteiger charge is -2.59. The number of carbonyl (C=O) groups is 2. The van der Waals surface area contributed by atoms with Gasteiger partial charge < -0.3 is 15.0 Å². The highest BCUT2D eigenvalue weighted by Crippen LogP contribution is 2.48. The molecule has 1 aliphatic heterocycles. The van der Waals surface area contributed by atoms with Crippen LogP contribution >= 0.6 is 0 Å². The molecule has 1 heterocycles. The summed E-state index contributed by atoms with van der Waals surface area (Å²) in [6.07, 6.45) is 1.49. The fourth-order valence-corrected chi connectivity index (χ4v) is 3.61. The largest absolute Gasteiger partial charge is 0.444 e. The number of hydrogen-bond acceptors (Lipinski definition) is 3. The minimum absolute atomic E-state index is 0.101. The summed E-state index contributed by atoms with van der Waals surface area (Å²) in [7, 11) is 0. The van der Waals surface area contributed by atoms with Crippen LogP contribution in [-0.2, 0) is 4.74 Å². The second kappa shape index (κ2) is 5.80. The number of carbonyl (C=O) groups excluding carboxylic acids is 2. The molecule has 2 amide bonds. The van der Waals surface area contributed by atoms with Crippen molar-refractivity contribution in [2.24, 2.45) is 5.41 Å². The Balaban J connectivity index is 1.44. The first-order chi connectivity index (χ1) is 11.2. The Labute approximate surface area is 143 Å². The van der Waals surface area contributed by atoms with Gasteiger partial charge in [-0.1, -0.05) is 17.7 Å². The molecule has 0 bridgehead atoms. The van der Waals surface area contributed by atoms with Crippen LogP contribution in [0.15, 0.2) is 24.3 Å². The van der Waals surface area contributed by atoms with E-state index in [0.29, 0.717) is 0 Å². The predicted octanol–water partition coefficient (Wildman–Crippen LogP) is 3.12. The lowest BCUT2D eigenvalue weighted by atomic mass is 9.60. The van der Waals surface area contributed by atoms with Crippen molar-refractivity contribution in [1.29, 1.82) is 0 Å². The molecular formula is C19H26N2O3. The van der Waals surface area contributed by atoms with Gasteiger partial charge in [0.1, 0.15) is 5.60 Å². The number of ether oxygens (including phenoxy) is 1. The molecule has 0 atom stereocenters. The summed E-state index contributed by atoms with van der Waals surface area (Å²) in [5.74, 6) is 0.101. The van der Waals surface area contributed by atoms with Crippen molar-refractivity contribution in [2.45, 2.75) is 52.2 Å². The molecule has 0 unspecified atom stereocenters. The second-order valence-electron chi connectivity index (χ2n) is 8.28. The molecule has 1 aromatic carbocycles. The summed E-state index contributed by atoms with van der Waals surface area (Å²) in [6.45, 7) is 9.15. The Morgan fingerprint density at radius 1 is 1.17 bits per heavy atom. The molecule has 1 spiro atoms. The first-order valence-corrected chi connectivity index (χ1v) is 8.51. The summed E-state index contributed by atoms with van der Waals surface area (Å²) in [4.78, 5) is 26.1. The van der Waals surface area contributed by atoms with E-state index in [1.165, 1.54) is 0 Å². The van der Waals surface area contributed by atoms with Crippen LogP contribution in [0.5, 0.6) is 0 Å². The van der Waals surface area contributed by atoms with E-state index in [0.717, 1.165) is 37.1 Å². The zero-order chi connectivity index (χ0) is 17.5. The highest BCUT2D eigenvalue weighted by atomic mass is 16.6. The van der Waals surface area contributed by atoms with Gasteiger partial charge >= 0.3 is 6.09 Å². The van der Waals surface area contributed by atoms with Crippen molar-refractivity contribution >= 4 is 12.0 Å². The smallest absolute Gasteiger partial charge is 0.407 e. The zero-order valence-corrected chi connectivity index (χ0v) is 14.9. The topological polar surface area (TPSA) is 58.6 Å². The fraction of sp³-hybridized carbons (Fsp3) is 0.579. The molecule has 1 aliphatic carbocycles. The van der Waals surface area contributed by atoms with E-state index in [1.807, 2.05) is 56.9 Å². The van der Waals surface area contributed by atoms with E-state index in [-0.39, 0.29) is 23.5 Å². The maximum Gasteiger partial charge on any atom is 0.407 e. The van der Waals surface area contributed by atoms with Crippen molar-refractivity contribution in [3.63, 3.8) is 0 Å². The number of amides is 2. The van der Waals surface area contributed by atoms with Crippen LogP contribution in [0.1, 0.15) is 49.5 Å². The third-order valence-electron chi connectivity index (χ3n) is 4.72. The van der Waals surface area contributed by atoms with Crippen molar-refractivity contribution in [2.75, 3.05) is 13.1 Å². The molecule has 0 aromatic heterocycles. The maximum absolute atomic E-state index is 12.4. The predicted molar refractivity (Wildman–Crippen MR) is 91.9 cm³/mol. The number of hydrogen-bond donors (Lipinski definition) is 1. The summed E-state index contributed by atoms with van der Waals surface area (Å²) in [5, 5.41) is 2.91. The summed E-state index contributed by atoms with van der Waals surface area (Å²) < 4.78 is 5.28. The summed E-state index contributed by atoms with van der Waals surface area (Å²) in [5.41, 5.74) is 1.62. The van der Waals surface area contributed by atoms with Gasteiger partial charge in [0.2, 0.25) is 0 Å². The second-order valence-corrected chi connectivity index (χ2v) is 8.28. The molecule has 5 nitrogen and oxygen atoms in total. The van der Waals surface area contributed by atoms with Crippen molar-refractivity contribution in [3.8, 4) is 0 Å². The minimum Gasteiger partial charge on any atom is -0.444 e. The monoisotopic (exact) mass is 330 g/mol. The van der Waals surface area contributed by atoms with Gasteiger partial charge in [-0.15, -0.1) is 0 Å². The number of benzene rings is 1. The normalized spacial score (nSPS) is 19.4. The van der Waals surface area contributed by atoms with Gasteiger partial charge in [0.25, 0.3) is 5.91 Å². The van der Waals surface area contributed by atoms with Gasteiger partial charge in [-0.3, -0.25) is 4.79 Å². The molecule has 1 aromatic rings. The van der Waals surface area contributed by atoms with Crippen LogP contribution in [0.25, 0.3) is 0 Å². The number of likely N-dealkylation sites (tertiary alicyclic amines) is 1. The SMILES string of the molecule is Cc1ccc(C(=O)N2CC3(CC(NC(=O)OC(C)(C)C)C3)C2)cc1. The van der Waals surface area contributed by atoms with E-state index >= 15 is 0 Å². The lowest BCUT2D eigenvalue weighted by molar-refractivity contribution is -0.0621. The average molecular weight is 330 g/mol. The number of rotatable bonds is 2. The van der Waals surface area contributed by atoms with Gasteiger partial charge in [0.15, 0.2) is 0 Å². The third-order valence-corrected chi connectivity index (χ3v) is 4.72. The van der Waals surface area contributed by atoms with Crippen LogP contribution in [-0.4, -0.2) is 41.6 Å². The minimum atomic E-state index is -0.473. The molecule has 2 aliphatic rings. The van der Waals surface area contributed by atoms with Gasteiger partial charge in [0, 0.05) is 30.1 Å². The number of nitrogens with one attached hydrogen (secondary N) is 1. The van der Waals surface area contributed by atoms with E-state index < -0.39 is 5.60 Å². The van der Waals surface area contributed by atoms with Crippen molar-refractivity contribution < 1.29 is 14.3 Å². The van der Waals surface area contributed by atoms with Crippen molar-refractivity contribution in [3.05, 3.63) is 35.4 Å². The lowest BCUT2D eigenvalue weighted by Crippen LogP contribution is -2.67. The number of alkyl carbamates (subject to hydrolysis) is 1. The molecular weight excluding hydrogens is 304 g/mol. The molecule has 130 valence electrons. The van der Waals surface area contributed by atoms with Gasteiger partial charge in [0.05, 0.1) is 0 Å². The van der Waals surface area contributed by atoms with Crippen LogP contribution in [0.3, 0.4) is 0 Å². The molecule has 1 saturated carbocycles. The highest BCUT2D eigenvalue weighted by molar-refractivity contribution is 5.95. The van der Waals surface area contributed by atoms with E-state index in [4.69, 9.17) is 4.74 Å². The Morgan fingerprint density at radius 2 is 1.75 bits per heavy atom. The third kappa shape index (κ3) is 3.55. The Bertz CT molecular complexity index is 632. The standard InChI is InChI=1S/C19H26N2O3/c1-13-5-7-14(8-6-13)16(22)21-11-19(12-21)9-15(10-19)20-17(23)24-18(2,3)4/h5-8,15H,9-12H2,1-4H3,(H,20,23). The van der Waals surface area contributed by atoms with E-state index in [1.54, 1.807) is 0 Å². The first kappa shape index (κ1) is 16.8. The molecule has 1 saturated heterocycles. The van der Waals surface area contributed by atoms with Crippen LogP contribution < -0.4 is 5.32 Å². The van der Waals surface area contributed by atoms with Crippen LogP contribution in [0.2, 0.25) is 0 Å². The number of nitrogens with zero attached hydrogens (tertiary/aromatic N) is 1. The maximum atomic E-state index is 12.4. The summed E-state index contributed by atoms with van der Waals surface area (Å²) >= 11 is 0. The molecule has 0 radical (unpaired) electrons. The van der Waals surface area contributed by atoms with Gasteiger partial charge in [-0.05, 0) is 52.7 Å². The summed E-state index contributed by atoms with van der Waals surface area (Å²) in [6, 6.07) is 7.86. The molecule has 3 rings (SSSR count). The average Bonchev–Trinajstić information content (AvgIpc) is 2.38.